The van der Waals surface area contributed by atoms with E-state index in [0.717, 1.165) is 5.56 Å². The number of hydrogen-bond acceptors (Lipinski definition) is 3. The van der Waals surface area contributed by atoms with Gasteiger partial charge in [-0.15, -0.1) is 0 Å². The van der Waals surface area contributed by atoms with Crippen molar-refractivity contribution in [2.45, 2.75) is 19.1 Å². The Balaban J connectivity index is 1.82. The van der Waals surface area contributed by atoms with Gasteiger partial charge in [-0.25, -0.2) is 0 Å². The first-order chi connectivity index (χ1) is 10.4. The molecule has 4 nitrogen and oxygen atoms in total. The van der Waals surface area contributed by atoms with Gasteiger partial charge >= 0.3 is 6.18 Å². The molecular formula is C15H16F3N3O. The number of piperazine rings is 1. The highest BCUT2D eigenvalue weighted by Crippen LogP contribution is 2.21. The van der Waals surface area contributed by atoms with Crippen LogP contribution in [0.4, 0.5) is 13.2 Å². The van der Waals surface area contributed by atoms with E-state index in [4.69, 9.17) is 5.26 Å². The van der Waals surface area contributed by atoms with Crippen LogP contribution in [0.1, 0.15) is 17.5 Å². The number of benzene rings is 1. The van der Waals surface area contributed by atoms with Crippen molar-refractivity contribution >= 4 is 5.91 Å². The van der Waals surface area contributed by atoms with Crippen molar-refractivity contribution in [1.29, 1.82) is 5.26 Å². The standard InChI is InChI=1S/C15H16F3N3O/c16-15(17,18)9-14(22)21-7-5-20(6-8-21)11-13-3-1-12(10-19)2-4-13/h1-4H,5-9,11H2. The largest absolute Gasteiger partial charge is 0.397 e. The van der Waals surface area contributed by atoms with E-state index in [1.54, 1.807) is 12.1 Å². The highest BCUT2D eigenvalue weighted by atomic mass is 19.4. The van der Waals surface area contributed by atoms with E-state index in [9.17, 15) is 18.0 Å². The first kappa shape index (κ1) is 16.3. The molecule has 0 bridgehead atoms. The maximum atomic E-state index is 12.2. The fourth-order valence-electron chi connectivity index (χ4n) is 2.38. The molecule has 1 aliphatic heterocycles. The van der Waals surface area contributed by atoms with Crippen LogP contribution in [0, 0.1) is 11.3 Å². The van der Waals surface area contributed by atoms with Crippen molar-refractivity contribution in [2.24, 2.45) is 0 Å². The summed E-state index contributed by atoms with van der Waals surface area (Å²) in [7, 11) is 0. The fourth-order valence-corrected chi connectivity index (χ4v) is 2.38. The molecule has 0 saturated carbocycles. The lowest BCUT2D eigenvalue weighted by Crippen LogP contribution is -2.49. The molecule has 0 N–H and O–H groups in total. The van der Waals surface area contributed by atoms with Gasteiger partial charge in [-0.05, 0) is 17.7 Å². The number of nitriles is 1. The number of nitrogens with zero attached hydrogens (tertiary/aromatic N) is 3. The smallest absolute Gasteiger partial charge is 0.340 e. The molecule has 0 radical (unpaired) electrons. The summed E-state index contributed by atoms with van der Waals surface area (Å²) in [4.78, 5) is 14.9. The Morgan fingerprint density at radius 3 is 2.23 bits per heavy atom. The summed E-state index contributed by atoms with van der Waals surface area (Å²) in [5, 5.41) is 8.73. The second-order valence-corrected chi connectivity index (χ2v) is 5.26. The monoisotopic (exact) mass is 311 g/mol. The minimum Gasteiger partial charge on any atom is -0.340 e. The molecule has 118 valence electrons. The lowest BCUT2D eigenvalue weighted by atomic mass is 10.1. The zero-order valence-corrected chi connectivity index (χ0v) is 11.9. The molecule has 1 aliphatic rings. The molecule has 0 aliphatic carbocycles. The molecule has 2 rings (SSSR count). The van der Waals surface area contributed by atoms with Crippen LogP contribution in [0.3, 0.4) is 0 Å². The van der Waals surface area contributed by atoms with Crippen LogP contribution in [-0.2, 0) is 11.3 Å². The summed E-state index contributed by atoms with van der Waals surface area (Å²) in [6.07, 6.45) is -5.83. The predicted octanol–water partition coefficient (Wildman–Crippen LogP) is 2.15. The third-order valence-electron chi connectivity index (χ3n) is 3.57. The summed E-state index contributed by atoms with van der Waals surface area (Å²) in [6.45, 7) is 2.37. The third-order valence-corrected chi connectivity index (χ3v) is 3.57. The number of hydrogen-bond donors (Lipinski definition) is 0. The van der Waals surface area contributed by atoms with Gasteiger partial charge in [0.25, 0.3) is 0 Å². The maximum Gasteiger partial charge on any atom is 0.397 e. The predicted molar refractivity (Wildman–Crippen MR) is 73.7 cm³/mol. The van der Waals surface area contributed by atoms with Crippen molar-refractivity contribution in [3.05, 3.63) is 35.4 Å². The quantitative estimate of drug-likeness (QED) is 0.859. The van der Waals surface area contributed by atoms with Crippen LogP contribution in [0.5, 0.6) is 0 Å². The van der Waals surface area contributed by atoms with Crippen LogP contribution < -0.4 is 0 Å². The van der Waals surface area contributed by atoms with E-state index >= 15 is 0 Å². The van der Waals surface area contributed by atoms with Gasteiger partial charge < -0.3 is 4.90 Å². The lowest BCUT2D eigenvalue weighted by molar-refractivity contribution is -0.162. The maximum absolute atomic E-state index is 12.2. The molecular weight excluding hydrogens is 295 g/mol. The Labute approximate surface area is 126 Å². The van der Waals surface area contributed by atoms with E-state index in [1.807, 2.05) is 18.2 Å². The summed E-state index contributed by atoms with van der Waals surface area (Å²) < 4.78 is 36.6. The molecule has 7 heteroatoms. The second-order valence-electron chi connectivity index (χ2n) is 5.26. The average Bonchev–Trinajstić information content (AvgIpc) is 2.47. The minimum atomic E-state index is -4.45. The molecule has 1 aromatic carbocycles. The first-order valence-electron chi connectivity index (χ1n) is 6.93. The minimum absolute atomic E-state index is 0.311. The summed E-state index contributed by atoms with van der Waals surface area (Å²) >= 11 is 0. The fraction of sp³-hybridized carbons (Fsp3) is 0.467. The zero-order valence-electron chi connectivity index (χ0n) is 11.9. The van der Waals surface area contributed by atoms with Gasteiger partial charge in [-0.3, -0.25) is 9.69 Å². The van der Waals surface area contributed by atoms with E-state index < -0.39 is 18.5 Å². The van der Waals surface area contributed by atoms with Crippen molar-refractivity contribution in [2.75, 3.05) is 26.2 Å². The third kappa shape index (κ3) is 4.74. The van der Waals surface area contributed by atoms with Crippen molar-refractivity contribution in [3.63, 3.8) is 0 Å². The van der Waals surface area contributed by atoms with Crippen molar-refractivity contribution in [3.8, 4) is 6.07 Å². The van der Waals surface area contributed by atoms with Gasteiger partial charge in [0.2, 0.25) is 5.91 Å². The summed E-state index contributed by atoms with van der Waals surface area (Å²) in [5.41, 5.74) is 1.63. The number of carbonyl (C=O) groups is 1. The van der Waals surface area contributed by atoms with Gasteiger partial charge in [-0.2, -0.15) is 18.4 Å². The topological polar surface area (TPSA) is 47.3 Å². The van der Waals surface area contributed by atoms with Gasteiger partial charge in [0.15, 0.2) is 0 Å². The second kappa shape index (κ2) is 6.79. The number of amides is 1. The molecule has 22 heavy (non-hydrogen) atoms. The SMILES string of the molecule is N#Cc1ccc(CN2CCN(C(=O)CC(F)(F)F)CC2)cc1. The molecule has 0 atom stereocenters. The van der Waals surface area contributed by atoms with Gasteiger partial charge in [0, 0.05) is 32.7 Å². The molecule has 1 heterocycles. The van der Waals surface area contributed by atoms with E-state index in [0.29, 0.717) is 38.3 Å². The molecule has 1 amide bonds. The molecule has 1 aromatic rings. The van der Waals surface area contributed by atoms with Crippen molar-refractivity contribution < 1.29 is 18.0 Å². The van der Waals surface area contributed by atoms with E-state index in [-0.39, 0.29) is 0 Å². The highest BCUT2D eigenvalue weighted by Gasteiger charge is 2.34. The Kier molecular flexibility index (Phi) is 5.03. The Morgan fingerprint density at radius 1 is 1.14 bits per heavy atom. The van der Waals surface area contributed by atoms with Crippen LogP contribution >= 0.6 is 0 Å². The van der Waals surface area contributed by atoms with Crippen molar-refractivity contribution in [1.82, 2.24) is 9.80 Å². The van der Waals surface area contributed by atoms with E-state index in [1.165, 1.54) is 4.90 Å². The van der Waals surface area contributed by atoms with Crippen LogP contribution in [0.2, 0.25) is 0 Å². The van der Waals surface area contributed by atoms with E-state index in [2.05, 4.69) is 4.90 Å². The zero-order chi connectivity index (χ0) is 16.2. The Morgan fingerprint density at radius 2 is 1.73 bits per heavy atom. The van der Waals surface area contributed by atoms with Gasteiger partial charge in [0.05, 0.1) is 11.6 Å². The molecule has 0 spiro atoms. The van der Waals surface area contributed by atoms with Crippen LogP contribution in [0.25, 0.3) is 0 Å². The molecule has 1 fully saturated rings. The normalized spacial score (nSPS) is 16.4. The van der Waals surface area contributed by atoms with Crippen LogP contribution in [0.15, 0.2) is 24.3 Å². The lowest BCUT2D eigenvalue weighted by Gasteiger charge is -2.35. The Bertz CT molecular complexity index is 555. The molecule has 1 saturated heterocycles. The number of halogens is 3. The molecule has 0 unspecified atom stereocenters. The van der Waals surface area contributed by atoms with Gasteiger partial charge in [0.1, 0.15) is 6.42 Å². The number of alkyl halides is 3. The summed E-state index contributed by atoms with van der Waals surface area (Å²) in [5.74, 6) is -0.856. The average molecular weight is 311 g/mol. The van der Waals surface area contributed by atoms with Crippen LogP contribution in [-0.4, -0.2) is 48.1 Å². The summed E-state index contributed by atoms with van der Waals surface area (Å²) in [6, 6.07) is 9.24. The molecule has 0 aromatic heterocycles. The first-order valence-corrected chi connectivity index (χ1v) is 6.93. The van der Waals surface area contributed by atoms with Gasteiger partial charge in [-0.1, -0.05) is 12.1 Å². The number of carbonyl (C=O) groups excluding carboxylic acids is 1. The number of rotatable bonds is 3. The highest BCUT2D eigenvalue weighted by molar-refractivity contribution is 5.76. The Hall–Kier alpha value is -2.07.